The van der Waals surface area contributed by atoms with Gasteiger partial charge in [-0.15, -0.1) is 0 Å². The van der Waals surface area contributed by atoms with Gasteiger partial charge in [-0.1, -0.05) is 0 Å². The van der Waals surface area contributed by atoms with Crippen LogP contribution in [0.3, 0.4) is 0 Å². The van der Waals surface area contributed by atoms with E-state index in [9.17, 15) is 5.11 Å². The molecule has 2 heterocycles. The Morgan fingerprint density at radius 2 is 2.25 bits per heavy atom. The van der Waals surface area contributed by atoms with Crippen LogP contribution in [0.2, 0.25) is 0 Å². The van der Waals surface area contributed by atoms with Crippen LogP contribution in [0.1, 0.15) is 18.9 Å². The fraction of sp³-hybridized carbons (Fsp3) is 0.467. The quantitative estimate of drug-likeness (QED) is 0.871. The Hall–Kier alpha value is -1.72. The molecular weight excluding hydrogens is 252 g/mol. The average molecular weight is 274 g/mol. The topological polar surface area (TPSA) is 54.2 Å². The molecule has 1 atom stereocenters. The van der Waals surface area contributed by atoms with Gasteiger partial charge in [0.05, 0.1) is 11.8 Å². The monoisotopic (exact) mass is 274 g/mol. The molecule has 2 aromatic heterocycles. The maximum absolute atomic E-state index is 9.35. The molecule has 2 aromatic rings. The van der Waals surface area contributed by atoms with Crippen LogP contribution < -0.4 is 0 Å². The van der Waals surface area contributed by atoms with E-state index in [2.05, 4.69) is 22.0 Å². The smallest absolute Gasteiger partial charge is 0.0983 e. The lowest BCUT2D eigenvalue weighted by Gasteiger charge is -2.17. The number of aliphatic hydroxyl groups is 1. The van der Waals surface area contributed by atoms with Crippen molar-refractivity contribution in [2.75, 3.05) is 13.6 Å². The molecule has 20 heavy (non-hydrogen) atoms. The molecule has 0 saturated heterocycles. The zero-order valence-corrected chi connectivity index (χ0v) is 12.3. The first-order chi connectivity index (χ1) is 9.56. The fourth-order valence-corrected chi connectivity index (χ4v) is 2.18. The first-order valence-corrected chi connectivity index (χ1v) is 6.86. The molecule has 0 aliphatic rings. The summed E-state index contributed by atoms with van der Waals surface area (Å²) < 4.78 is 1.83. The summed E-state index contributed by atoms with van der Waals surface area (Å²) >= 11 is 0. The predicted octanol–water partition coefficient (Wildman–Crippen LogP) is 1.68. The normalized spacial score (nSPS) is 12.8. The number of hydrogen-bond donors (Lipinski definition) is 1. The van der Waals surface area contributed by atoms with Crippen molar-refractivity contribution in [3.05, 3.63) is 36.3 Å². The number of aliphatic hydroxyl groups excluding tert-OH is 1. The maximum Gasteiger partial charge on any atom is 0.0983 e. The van der Waals surface area contributed by atoms with E-state index >= 15 is 0 Å². The SMILES string of the molecule is CC(O)CCN(C)Cc1cn(C)nc1-c1cccnc1. The molecule has 0 saturated carbocycles. The minimum absolute atomic E-state index is 0.260. The number of nitrogens with zero attached hydrogens (tertiary/aromatic N) is 4. The number of pyridine rings is 1. The van der Waals surface area contributed by atoms with E-state index in [4.69, 9.17) is 0 Å². The van der Waals surface area contributed by atoms with Crippen molar-refractivity contribution in [3.63, 3.8) is 0 Å². The maximum atomic E-state index is 9.35. The van der Waals surface area contributed by atoms with E-state index in [1.165, 1.54) is 5.56 Å². The van der Waals surface area contributed by atoms with Gasteiger partial charge in [-0.05, 0) is 32.5 Å². The second kappa shape index (κ2) is 6.63. The van der Waals surface area contributed by atoms with E-state index in [0.29, 0.717) is 0 Å². The molecule has 5 heteroatoms. The van der Waals surface area contributed by atoms with Crippen LogP contribution in [-0.2, 0) is 13.6 Å². The van der Waals surface area contributed by atoms with Gasteiger partial charge in [0.25, 0.3) is 0 Å². The van der Waals surface area contributed by atoms with Crippen molar-refractivity contribution in [2.45, 2.75) is 26.0 Å². The molecule has 0 fully saturated rings. The Balaban J connectivity index is 2.12. The van der Waals surface area contributed by atoms with Gasteiger partial charge in [0.1, 0.15) is 0 Å². The summed E-state index contributed by atoms with van der Waals surface area (Å²) in [5.74, 6) is 0. The van der Waals surface area contributed by atoms with Crippen LogP contribution in [0, 0.1) is 0 Å². The van der Waals surface area contributed by atoms with Gasteiger partial charge in [-0.25, -0.2) is 0 Å². The van der Waals surface area contributed by atoms with Crippen molar-refractivity contribution in [3.8, 4) is 11.3 Å². The van der Waals surface area contributed by atoms with E-state index in [1.807, 2.05) is 43.2 Å². The molecule has 0 amide bonds. The van der Waals surface area contributed by atoms with Crippen LogP contribution in [0.4, 0.5) is 0 Å². The highest BCUT2D eigenvalue weighted by atomic mass is 16.3. The van der Waals surface area contributed by atoms with Crippen LogP contribution in [0.15, 0.2) is 30.7 Å². The van der Waals surface area contributed by atoms with Crippen LogP contribution in [-0.4, -0.2) is 44.5 Å². The van der Waals surface area contributed by atoms with Gasteiger partial charge in [-0.2, -0.15) is 5.10 Å². The van der Waals surface area contributed by atoms with Crippen molar-refractivity contribution in [1.82, 2.24) is 19.7 Å². The Bertz CT molecular complexity index is 536. The highest BCUT2D eigenvalue weighted by molar-refractivity contribution is 5.61. The van der Waals surface area contributed by atoms with Crippen molar-refractivity contribution in [2.24, 2.45) is 7.05 Å². The molecule has 0 bridgehead atoms. The van der Waals surface area contributed by atoms with Gasteiger partial charge in [0.2, 0.25) is 0 Å². The molecule has 0 radical (unpaired) electrons. The Morgan fingerprint density at radius 3 is 2.90 bits per heavy atom. The molecule has 0 aromatic carbocycles. The molecule has 108 valence electrons. The van der Waals surface area contributed by atoms with Crippen LogP contribution in [0.5, 0.6) is 0 Å². The Kier molecular flexibility index (Phi) is 4.87. The number of rotatable bonds is 6. The molecule has 0 aliphatic heterocycles. The lowest BCUT2D eigenvalue weighted by Crippen LogP contribution is -2.22. The summed E-state index contributed by atoms with van der Waals surface area (Å²) in [5.41, 5.74) is 3.19. The third-order valence-corrected chi connectivity index (χ3v) is 3.21. The zero-order valence-electron chi connectivity index (χ0n) is 12.3. The van der Waals surface area contributed by atoms with E-state index in [-0.39, 0.29) is 6.10 Å². The third kappa shape index (κ3) is 3.88. The first-order valence-electron chi connectivity index (χ1n) is 6.86. The number of aromatic nitrogens is 3. The number of aryl methyl sites for hydroxylation is 1. The van der Waals surface area contributed by atoms with E-state index < -0.39 is 0 Å². The highest BCUT2D eigenvalue weighted by Crippen LogP contribution is 2.21. The molecular formula is C15H22N4O. The predicted molar refractivity (Wildman–Crippen MR) is 79.1 cm³/mol. The summed E-state index contributed by atoms with van der Waals surface area (Å²) in [4.78, 5) is 6.35. The second-order valence-electron chi connectivity index (χ2n) is 5.29. The minimum Gasteiger partial charge on any atom is -0.393 e. The van der Waals surface area contributed by atoms with Crippen LogP contribution in [0.25, 0.3) is 11.3 Å². The van der Waals surface area contributed by atoms with Crippen LogP contribution >= 0.6 is 0 Å². The lowest BCUT2D eigenvalue weighted by molar-refractivity contribution is 0.163. The van der Waals surface area contributed by atoms with Gasteiger partial charge in [0.15, 0.2) is 0 Å². The highest BCUT2D eigenvalue weighted by Gasteiger charge is 2.12. The Morgan fingerprint density at radius 1 is 1.45 bits per heavy atom. The van der Waals surface area contributed by atoms with Gasteiger partial charge < -0.3 is 10.0 Å². The lowest BCUT2D eigenvalue weighted by atomic mass is 10.1. The molecule has 1 N–H and O–H groups in total. The Labute approximate surface area is 119 Å². The summed E-state index contributed by atoms with van der Waals surface area (Å²) in [7, 11) is 3.99. The molecule has 1 unspecified atom stereocenters. The molecule has 0 aliphatic carbocycles. The van der Waals surface area contributed by atoms with E-state index in [0.717, 1.165) is 30.8 Å². The average Bonchev–Trinajstić information content (AvgIpc) is 2.78. The molecule has 5 nitrogen and oxygen atoms in total. The number of hydrogen-bond acceptors (Lipinski definition) is 4. The summed E-state index contributed by atoms with van der Waals surface area (Å²) in [6, 6.07) is 3.94. The zero-order chi connectivity index (χ0) is 14.5. The standard InChI is InChI=1S/C15H22N4O/c1-12(20)6-8-18(2)10-14-11-19(3)17-15(14)13-5-4-7-16-9-13/h4-5,7,9,11-12,20H,6,8,10H2,1-3H3. The molecule has 0 spiro atoms. The van der Waals surface area contributed by atoms with Gasteiger partial charge in [-0.3, -0.25) is 9.67 Å². The van der Waals surface area contributed by atoms with Crippen molar-refractivity contribution >= 4 is 0 Å². The summed E-state index contributed by atoms with van der Waals surface area (Å²) in [6.45, 7) is 3.49. The third-order valence-electron chi connectivity index (χ3n) is 3.21. The summed E-state index contributed by atoms with van der Waals surface area (Å²) in [6.07, 6.45) is 6.16. The first kappa shape index (κ1) is 14.7. The summed E-state index contributed by atoms with van der Waals surface area (Å²) in [5, 5.41) is 13.9. The van der Waals surface area contributed by atoms with Gasteiger partial charge in [0, 0.05) is 49.9 Å². The fourth-order valence-electron chi connectivity index (χ4n) is 2.18. The van der Waals surface area contributed by atoms with E-state index in [1.54, 1.807) is 6.20 Å². The largest absolute Gasteiger partial charge is 0.393 e. The minimum atomic E-state index is -0.260. The van der Waals surface area contributed by atoms with Gasteiger partial charge >= 0.3 is 0 Å². The second-order valence-corrected chi connectivity index (χ2v) is 5.29. The van der Waals surface area contributed by atoms with Crippen molar-refractivity contribution in [1.29, 1.82) is 0 Å². The van der Waals surface area contributed by atoms with Crippen molar-refractivity contribution < 1.29 is 5.11 Å². The molecule has 2 rings (SSSR count).